The molecule has 0 bridgehead atoms. The normalized spacial score (nSPS) is 17.9. The Labute approximate surface area is 109 Å². The number of hydrogen-bond acceptors (Lipinski definition) is 5. The number of aryl methyl sites for hydroxylation is 1. The van der Waals surface area contributed by atoms with Crippen LogP contribution in [0.1, 0.15) is 24.4 Å². The molecule has 5 nitrogen and oxygen atoms in total. The van der Waals surface area contributed by atoms with Gasteiger partial charge in [-0.2, -0.15) is 0 Å². The van der Waals surface area contributed by atoms with Gasteiger partial charge in [0, 0.05) is 39.0 Å². The van der Waals surface area contributed by atoms with Crippen LogP contribution in [0.4, 0.5) is 5.82 Å². The second-order valence-corrected chi connectivity index (χ2v) is 4.77. The van der Waals surface area contributed by atoms with Crippen LogP contribution in [0.2, 0.25) is 0 Å². The maximum absolute atomic E-state index is 5.38. The Balaban J connectivity index is 1.95. The van der Waals surface area contributed by atoms with Gasteiger partial charge in [-0.15, -0.1) is 0 Å². The summed E-state index contributed by atoms with van der Waals surface area (Å²) in [6.45, 7) is 4.95. The van der Waals surface area contributed by atoms with Gasteiger partial charge in [0.1, 0.15) is 11.6 Å². The molecule has 18 heavy (non-hydrogen) atoms. The lowest BCUT2D eigenvalue weighted by Crippen LogP contribution is -2.36. The average molecular weight is 250 g/mol. The number of ether oxygens (including phenoxy) is 1. The van der Waals surface area contributed by atoms with Crippen LogP contribution in [0.3, 0.4) is 0 Å². The number of likely N-dealkylation sites (tertiary alicyclic amines) is 1. The third kappa shape index (κ3) is 3.40. The topological polar surface area (TPSA) is 50.3 Å². The fourth-order valence-corrected chi connectivity index (χ4v) is 2.33. The Morgan fingerprint density at radius 2 is 2.11 bits per heavy atom. The molecule has 1 aromatic heterocycles. The first-order valence-corrected chi connectivity index (χ1v) is 6.48. The van der Waals surface area contributed by atoms with Gasteiger partial charge in [-0.1, -0.05) is 0 Å². The molecule has 1 saturated heterocycles. The third-order valence-corrected chi connectivity index (χ3v) is 3.39. The van der Waals surface area contributed by atoms with Crippen molar-refractivity contribution in [2.24, 2.45) is 0 Å². The molecule has 1 aliphatic heterocycles. The highest BCUT2D eigenvalue weighted by molar-refractivity contribution is 5.34. The smallest absolute Gasteiger partial charge is 0.144 e. The molecular formula is C13H22N4O. The van der Waals surface area contributed by atoms with Gasteiger partial charge in [0.05, 0.1) is 12.6 Å². The first-order chi connectivity index (χ1) is 8.71. The number of nitrogens with one attached hydrogen (secondary N) is 1. The van der Waals surface area contributed by atoms with Crippen LogP contribution in [0.25, 0.3) is 0 Å². The van der Waals surface area contributed by atoms with E-state index in [4.69, 9.17) is 4.74 Å². The minimum Gasteiger partial charge on any atom is -0.381 e. The monoisotopic (exact) mass is 250 g/mol. The summed E-state index contributed by atoms with van der Waals surface area (Å²) in [6, 6.07) is 1.96. The highest BCUT2D eigenvalue weighted by Gasteiger charge is 2.19. The molecule has 0 aliphatic carbocycles. The molecule has 0 atom stereocenters. The van der Waals surface area contributed by atoms with Crippen molar-refractivity contribution in [3.05, 3.63) is 17.6 Å². The lowest BCUT2D eigenvalue weighted by atomic mass is 10.1. The summed E-state index contributed by atoms with van der Waals surface area (Å²) in [5.41, 5.74) is 1.01. The predicted molar refractivity (Wildman–Crippen MR) is 71.6 cm³/mol. The molecule has 2 rings (SSSR count). The van der Waals surface area contributed by atoms with Gasteiger partial charge in [-0.3, -0.25) is 4.90 Å². The Kier molecular flexibility index (Phi) is 4.49. The maximum atomic E-state index is 5.38. The SMILES string of the molecule is CNc1cc(C)nc(CN2CCC(OC)CC2)n1. The molecule has 0 saturated carbocycles. The Morgan fingerprint density at radius 1 is 1.39 bits per heavy atom. The Bertz CT molecular complexity index is 389. The van der Waals surface area contributed by atoms with Gasteiger partial charge >= 0.3 is 0 Å². The van der Waals surface area contributed by atoms with E-state index in [9.17, 15) is 0 Å². The van der Waals surface area contributed by atoms with Crippen molar-refractivity contribution in [2.45, 2.75) is 32.4 Å². The van der Waals surface area contributed by atoms with Gasteiger partial charge in [-0.05, 0) is 19.8 Å². The predicted octanol–water partition coefficient (Wildman–Crippen LogP) is 1.44. The molecule has 1 fully saturated rings. The van der Waals surface area contributed by atoms with Gasteiger partial charge in [0.25, 0.3) is 0 Å². The zero-order chi connectivity index (χ0) is 13.0. The van der Waals surface area contributed by atoms with Gasteiger partial charge in [0.15, 0.2) is 0 Å². The van der Waals surface area contributed by atoms with E-state index in [0.29, 0.717) is 6.10 Å². The molecule has 1 aliphatic rings. The summed E-state index contributed by atoms with van der Waals surface area (Å²) in [7, 11) is 3.68. The van der Waals surface area contributed by atoms with Crippen LogP contribution in [0.15, 0.2) is 6.07 Å². The molecule has 2 heterocycles. The Hall–Kier alpha value is -1.20. The van der Waals surface area contributed by atoms with Crippen LogP contribution in [-0.2, 0) is 11.3 Å². The van der Waals surface area contributed by atoms with Crippen LogP contribution < -0.4 is 5.32 Å². The lowest BCUT2D eigenvalue weighted by molar-refractivity contribution is 0.0381. The first kappa shape index (κ1) is 13.2. The van der Waals surface area contributed by atoms with Crippen molar-refractivity contribution in [3.63, 3.8) is 0 Å². The maximum Gasteiger partial charge on any atom is 0.144 e. The second kappa shape index (κ2) is 6.11. The number of aromatic nitrogens is 2. The number of anilines is 1. The number of rotatable bonds is 4. The average Bonchev–Trinajstić information content (AvgIpc) is 2.39. The summed E-state index contributed by atoms with van der Waals surface area (Å²) in [5.74, 6) is 1.79. The largest absolute Gasteiger partial charge is 0.381 e. The van der Waals surface area contributed by atoms with E-state index in [1.54, 1.807) is 7.11 Å². The van der Waals surface area contributed by atoms with Crippen molar-refractivity contribution in [3.8, 4) is 0 Å². The van der Waals surface area contributed by atoms with Crippen molar-refractivity contribution in [1.82, 2.24) is 14.9 Å². The zero-order valence-electron chi connectivity index (χ0n) is 11.4. The van der Waals surface area contributed by atoms with Crippen LogP contribution in [-0.4, -0.2) is 48.2 Å². The number of hydrogen-bond donors (Lipinski definition) is 1. The van der Waals surface area contributed by atoms with Crippen LogP contribution in [0, 0.1) is 6.92 Å². The molecule has 1 aromatic rings. The quantitative estimate of drug-likeness (QED) is 0.876. The van der Waals surface area contributed by atoms with E-state index < -0.39 is 0 Å². The van der Waals surface area contributed by atoms with E-state index in [1.165, 1.54) is 0 Å². The fraction of sp³-hybridized carbons (Fsp3) is 0.692. The summed E-state index contributed by atoms with van der Waals surface area (Å²) in [4.78, 5) is 11.4. The zero-order valence-corrected chi connectivity index (χ0v) is 11.4. The number of nitrogens with zero attached hydrogens (tertiary/aromatic N) is 3. The molecule has 0 aromatic carbocycles. The molecule has 100 valence electrons. The summed E-state index contributed by atoms with van der Waals surface area (Å²) in [6.07, 6.45) is 2.62. The molecule has 0 radical (unpaired) electrons. The molecule has 0 unspecified atom stereocenters. The standard InChI is InChI=1S/C13H22N4O/c1-10-8-12(14-2)16-13(15-10)9-17-6-4-11(18-3)5-7-17/h8,11H,4-7,9H2,1-3H3,(H,14,15,16). The van der Waals surface area contributed by atoms with Crippen molar-refractivity contribution in [1.29, 1.82) is 0 Å². The summed E-state index contributed by atoms with van der Waals surface area (Å²) < 4.78 is 5.38. The molecule has 1 N–H and O–H groups in total. The van der Waals surface area contributed by atoms with E-state index in [2.05, 4.69) is 20.2 Å². The highest BCUT2D eigenvalue weighted by Crippen LogP contribution is 2.15. The van der Waals surface area contributed by atoms with E-state index in [1.807, 2.05) is 20.0 Å². The van der Waals surface area contributed by atoms with Gasteiger partial charge in [0.2, 0.25) is 0 Å². The molecule has 0 spiro atoms. The third-order valence-electron chi connectivity index (χ3n) is 3.39. The van der Waals surface area contributed by atoms with Crippen molar-refractivity contribution >= 4 is 5.82 Å². The minimum absolute atomic E-state index is 0.424. The van der Waals surface area contributed by atoms with E-state index in [-0.39, 0.29) is 0 Å². The lowest BCUT2D eigenvalue weighted by Gasteiger charge is -2.30. The second-order valence-electron chi connectivity index (χ2n) is 4.77. The van der Waals surface area contributed by atoms with Crippen molar-refractivity contribution in [2.75, 3.05) is 32.6 Å². The molecule has 0 amide bonds. The molecular weight excluding hydrogens is 228 g/mol. The number of piperidine rings is 1. The molecule has 5 heteroatoms. The van der Waals surface area contributed by atoms with Gasteiger partial charge in [-0.25, -0.2) is 9.97 Å². The first-order valence-electron chi connectivity index (χ1n) is 6.48. The number of methoxy groups -OCH3 is 1. The Morgan fingerprint density at radius 3 is 2.72 bits per heavy atom. The fourth-order valence-electron chi connectivity index (χ4n) is 2.33. The van der Waals surface area contributed by atoms with Crippen LogP contribution in [0.5, 0.6) is 0 Å². The minimum atomic E-state index is 0.424. The van der Waals surface area contributed by atoms with Gasteiger partial charge < -0.3 is 10.1 Å². The van der Waals surface area contributed by atoms with Crippen LogP contribution >= 0.6 is 0 Å². The summed E-state index contributed by atoms with van der Waals surface area (Å²) >= 11 is 0. The van der Waals surface area contributed by atoms with E-state index in [0.717, 1.165) is 49.8 Å². The van der Waals surface area contributed by atoms with Crippen molar-refractivity contribution < 1.29 is 4.74 Å². The van der Waals surface area contributed by atoms with E-state index >= 15 is 0 Å². The summed E-state index contributed by atoms with van der Waals surface area (Å²) in [5, 5.41) is 3.07. The highest BCUT2D eigenvalue weighted by atomic mass is 16.5.